The highest BCUT2D eigenvalue weighted by Crippen LogP contribution is 3.30. The molecule has 6 nitrogen and oxygen atoms in total. The van der Waals surface area contributed by atoms with Gasteiger partial charge in [0.1, 0.15) is 5.69 Å². The number of Topliss-reactive ketones (excluding diaryl/α,β-unsaturated/α-hetero) is 2. The molecule has 0 saturated heterocycles. The van der Waals surface area contributed by atoms with Crippen molar-refractivity contribution < 1.29 is 9.59 Å². The lowest BCUT2D eigenvalue weighted by Crippen LogP contribution is -2.28. The Hall–Kier alpha value is -0.0553. The number of carbonyl (C=O) groups is 2. The number of anilines is 1. The molecule has 0 spiro atoms. The molecule has 0 amide bonds. The van der Waals surface area contributed by atoms with Crippen LogP contribution in [0.3, 0.4) is 0 Å². The van der Waals surface area contributed by atoms with E-state index in [1.54, 1.807) is 24.3 Å². The molecule has 1 aromatic heterocycles. The summed E-state index contributed by atoms with van der Waals surface area (Å²) in [7, 11) is 50.5. The number of carbonyl (C=O) groups excluding carboxylic acids is 2. The first-order chi connectivity index (χ1) is 64.9. The highest BCUT2D eigenvalue weighted by molar-refractivity contribution is 9.36. The highest BCUT2D eigenvalue weighted by Gasteiger charge is 2.47. The molecule has 7 radical (unpaired) electrons. The summed E-state index contributed by atoms with van der Waals surface area (Å²) in [4.78, 5) is 32.3. The lowest BCUT2D eigenvalue weighted by Gasteiger charge is -2.45. The molecular formula is C99H99B5Br4Cl3N4O2P20S. The molecule has 13 aromatic rings. The number of aliphatic imine (C=N–C) groups is 1. The smallest absolute Gasteiger partial charge is 0.234 e. The van der Waals surface area contributed by atoms with E-state index in [1.165, 1.54) is 150 Å². The summed E-state index contributed by atoms with van der Waals surface area (Å²) in [5.41, 5.74) is 54.2. The number of allylic oxidation sites excluding steroid dienone is 2. The summed E-state index contributed by atoms with van der Waals surface area (Å²) in [5, 5.41) is 4.18. The molecule has 7 aliphatic carbocycles. The quantitative estimate of drug-likeness (QED) is 0.0461. The number of halogens is 7. The van der Waals surface area contributed by atoms with E-state index in [-0.39, 0.29) is 98.0 Å². The van der Waals surface area contributed by atoms with Crippen LogP contribution in [0.1, 0.15) is 163 Å². The van der Waals surface area contributed by atoms with Gasteiger partial charge in [0.05, 0.1) is 38.6 Å². The van der Waals surface area contributed by atoms with Crippen molar-refractivity contribution in [2.75, 3.05) is 5.32 Å². The van der Waals surface area contributed by atoms with Gasteiger partial charge < -0.3 is 16.8 Å². The minimum Gasteiger partial charge on any atom is -0.397 e. The van der Waals surface area contributed by atoms with Crippen molar-refractivity contribution in [3.8, 4) is 87.6 Å². The van der Waals surface area contributed by atoms with Crippen molar-refractivity contribution >= 4 is 347 Å². The highest BCUT2D eigenvalue weighted by atomic mass is 79.9. The lowest BCUT2D eigenvalue weighted by molar-refractivity contribution is 0.0815. The summed E-state index contributed by atoms with van der Waals surface area (Å²) in [6.07, 6.45) is 0.269. The molecule has 0 fully saturated rings. The van der Waals surface area contributed by atoms with Crippen molar-refractivity contribution in [1.29, 1.82) is 0 Å². The Labute approximate surface area is 907 Å². The second-order valence-electron chi connectivity index (χ2n) is 35.6. The summed E-state index contributed by atoms with van der Waals surface area (Å²) >= 11 is 30.6. The normalized spacial score (nSPS) is 15.9. The summed E-state index contributed by atoms with van der Waals surface area (Å²) in [5.74, 6) is -0.875. The van der Waals surface area contributed by atoms with Gasteiger partial charge in [0.2, 0.25) is 11.6 Å². The van der Waals surface area contributed by atoms with E-state index in [0.717, 1.165) is 63.7 Å². The molecule has 0 saturated carbocycles. The van der Waals surface area contributed by atoms with Crippen LogP contribution >= 0.6 is 271 Å². The standard InChI is InChI=1S/C48H34Br2N2S.C35H32N2.C14H6Br2O2.CHCl3.CH4.B5.H22P20/c1-47(2)35-15-7-5-11-29(35)39-31(13-9-17-37(39)47)45-43-44(46(53-45)32-14-10-18-38-40(32)30-12-6-8-16-36(30)48(38,3)4)52-42-28-22-20-26(50)24-34(28)33-23-25(49)19-21-27(33)41(42)51-43;1-34(2)26-15-7-5-11-22(26)30-20(13-9-17-28(30)34)24-19-25(33(37)32(24)36)21-14-10-18-29-31(21)23-12-6-8-16-27(23)35(29,3)4;15-7-1-3-9-11(5-7)12-6-8(16)2-4-10(12)14(18)13(9)17;2-1(3)4;;1-4-5(2)3;1-12(2)17(11)20(18(13(3)4)14(5)6)19(15(7)8)16(9)10/h5-24,41,51H,1-4H3;5-18H,19,36-37H2,1-4H3;1-6H;1H;1H4;;1-11H2. The number of ketones is 2. The van der Waals surface area contributed by atoms with Crippen molar-refractivity contribution in [1.82, 2.24) is 0 Å². The molecule has 2 heterocycles. The van der Waals surface area contributed by atoms with E-state index in [1.807, 2.05) is 23.5 Å². The van der Waals surface area contributed by atoms with Gasteiger partial charge >= 0.3 is 0 Å². The van der Waals surface area contributed by atoms with Crippen LogP contribution in [0.2, 0.25) is 0 Å². The second-order valence-corrected chi connectivity index (χ2v) is 121. The van der Waals surface area contributed by atoms with Gasteiger partial charge in [0.25, 0.3) is 0 Å². The van der Waals surface area contributed by atoms with E-state index >= 15 is 0 Å². The fraction of sp³-hybridized carbons (Fsp3) is 0.162. The van der Waals surface area contributed by atoms with Crippen LogP contribution in [0, 0.1) is 0 Å². The fourth-order valence-electron chi connectivity index (χ4n) is 20.0. The third-order valence-electron chi connectivity index (χ3n) is 26.2. The topological polar surface area (TPSA) is 111 Å². The zero-order chi connectivity index (χ0) is 98.6. The maximum absolute atomic E-state index is 12.0. The van der Waals surface area contributed by atoms with Gasteiger partial charge in [-0.05, 0) is 263 Å². The number of alkyl halides is 3. The third kappa shape index (κ3) is 21.7. The summed E-state index contributed by atoms with van der Waals surface area (Å²) in [6.45, 7) is 19.4. The van der Waals surface area contributed by atoms with Crippen LogP contribution in [0.4, 0.5) is 11.4 Å². The van der Waals surface area contributed by atoms with Gasteiger partial charge in [0, 0.05) is 110 Å². The van der Waals surface area contributed by atoms with Gasteiger partial charge in [-0.2, -0.15) is 0 Å². The molecule has 0 bridgehead atoms. The number of hydrogen-bond acceptors (Lipinski definition) is 7. The van der Waals surface area contributed by atoms with Crippen LogP contribution in [0.5, 0.6) is 0 Å². The molecule has 12 aromatic carbocycles. The maximum atomic E-state index is 12.0. The first kappa shape index (κ1) is 112. The van der Waals surface area contributed by atoms with Crippen LogP contribution in [-0.4, -0.2) is 58.2 Å². The SMILES string of the molecule is C.CC1(C)c2ccccc2-c2c(-c3sc(-c4cccc5c4-c4ccccc4C5(C)C)c4c3N=C3c5ccc(Br)cc5-c5cc(Br)ccc5C3N4)cccc21.CC1(C)c2ccccc2-c2c(C3=C(N)C(N)=C(c4cccc5c4-c4ccccc4C5(C)C)C3)cccc21.ClC(Cl)Cl.O=C1C(=O)c2ccc(Br)cc2-c2cc(Br)ccc21.PP(P)P(P)P(P(P(P)P)P(P)P)P(P(P)P)P(P)P.[B][B]B([B])[B]. The van der Waals surface area contributed by atoms with Crippen molar-refractivity contribution in [3.63, 3.8) is 0 Å². The van der Waals surface area contributed by atoms with Gasteiger partial charge in [-0.3, -0.25) is 9.59 Å². The number of nitrogens with zero attached hydrogens (tertiary/aromatic N) is 1. The third-order valence-corrected chi connectivity index (χ3v) is 155. The number of benzene rings is 12. The Morgan fingerprint density at radius 1 is 0.399 bits per heavy atom. The Kier molecular flexibility index (Phi) is 37.5. The van der Waals surface area contributed by atoms with E-state index in [9.17, 15) is 9.59 Å². The largest absolute Gasteiger partial charge is 0.397 e. The Morgan fingerprint density at radius 3 is 1.03 bits per heavy atom. The number of rotatable bonds is 13. The number of nitrogens with two attached hydrogens (primary N) is 2. The average molecular weight is 2510 g/mol. The van der Waals surface area contributed by atoms with Crippen molar-refractivity contribution in [2.24, 2.45) is 16.5 Å². The summed E-state index contributed by atoms with van der Waals surface area (Å²) < 4.78 is 3.15. The molecule has 13 atom stereocenters. The number of fused-ring (bicyclic) bond motifs is 22. The average Bonchev–Trinajstić information content (AvgIpc) is 1.52. The van der Waals surface area contributed by atoms with Gasteiger partial charge in [-0.1, -0.05) is 343 Å². The van der Waals surface area contributed by atoms with E-state index in [0.29, 0.717) is 22.5 Å². The molecular weight excluding hydrogens is 2410 g/mol. The summed E-state index contributed by atoms with van der Waals surface area (Å²) in [6, 6.07) is 86.5. The first-order valence-electron chi connectivity index (χ1n) is 43.1. The predicted octanol–water partition coefficient (Wildman–Crippen LogP) is 38.5. The number of hydrogen-bond donors (Lipinski definition) is 3. The Balaban J connectivity index is 0.000000147. The molecule has 1 aliphatic heterocycles. The van der Waals surface area contributed by atoms with E-state index in [2.05, 4.69) is 429 Å². The zero-order valence-electron chi connectivity index (χ0n) is 75.7. The van der Waals surface area contributed by atoms with E-state index < -0.39 is 22.2 Å². The Bertz CT molecular complexity index is 6910. The zero-order valence-corrected chi connectivity index (χ0v) is 106. The molecule has 138 heavy (non-hydrogen) atoms. The monoisotopic (exact) mass is 2500 g/mol. The molecule has 39 heteroatoms. The molecule has 13 unspecified atom stereocenters. The van der Waals surface area contributed by atoms with Crippen LogP contribution in [0.15, 0.2) is 277 Å². The van der Waals surface area contributed by atoms with Crippen LogP contribution in [0.25, 0.3) is 98.8 Å². The first-order valence-corrected chi connectivity index (χ1v) is 83.9. The lowest BCUT2D eigenvalue weighted by atomic mass is 8.97. The minimum atomic E-state index is -0.750. The number of nitrogens with one attached hydrogen (secondary N) is 1. The second kappa shape index (κ2) is 46.2. The molecule has 5 N–H and O–H groups in total. The maximum Gasteiger partial charge on any atom is 0.234 e. The molecule has 697 valence electrons. The molecule has 8 aliphatic rings. The van der Waals surface area contributed by atoms with Crippen LogP contribution < -0.4 is 16.8 Å². The van der Waals surface area contributed by atoms with Crippen LogP contribution in [-0.2, 0) is 21.7 Å². The van der Waals surface area contributed by atoms with Gasteiger partial charge in [0.15, 0.2) is 4.30 Å². The van der Waals surface area contributed by atoms with Crippen molar-refractivity contribution in [2.45, 2.75) is 101 Å². The van der Waals surface area contributed by atoms with Gasteiger partial charge in [-0.25, -0.2) is 4.99 Å². The Morgan fingerprint density at radius 2 is 0.688 bits per heavy atom. The predicted molar refractivity (Wildman–Crippen MR) is 687 cm³/mol. The number of thiophene rings is 1. The fourth-order valence-corrected chi connectivity index (χ4v) is 249. The molecule has 21 rings (SSSR count). The van der Waals surface area contributed by atoms with Gasteiger partial charge in [-0.15, -0.1) is 110 Å². The minimum absolute atomic E-state index is 0. The van der Waals surface area contributed by atoms with Crippen molar-refractivity contribution in [3.05, 3.63) is 350 Å². The van der Waals surface area contributed by atoms with E-state index in [4.69, 9.17) is 74.5 Å².